The summed E-state index contributed by atoms with van der Waals surface area (Å²) in [5.41, 5.74) is 9.53. The van der Waals surface area contributed by atoms with Crippen LogP contribution in [0.15, 0.2) is 110 Å². The average molecular weight is 365 g/mol. The second-order valence-electron chi connectivity index (χ2n) is 6.61. The molecule has 2 aromatic rings. The molecule has 0 N–H and O–H groups in total. The molecule has 0 heteroatoms. The third-order valence-electron chi connectivity index (χ3n) is 5.58. The molecule has 0 radical (unpaired) electrons. The van der Waals surface area contributed by atoms with Crippen LogP contribution in [-0.2, 0) is 5.41 Å². The number of benzene rings is 2. The summed E-state index contributed by atoms with van der Waals surface area (Å²) in [5, 5.41) is 0. The van der Waals surface area contributed by atoms with Crippen molar-refractivity contribution in [2.24, 2.45) is 0 Å². The van der Waals surface area contributed by atoms with E-state index in [9.17, 15) is 0 Å². The summed E-state index contributed by atoms with van der Waals surface area (Å²) in [6.07, 6.45) is 10.3. The molecule has 0 aromatic heterocycles. The zero-order chi connectivity index (χ0) is 20.3. The van der Waals surface area contributed by atoms with Crippen molar-refractivity contribution in [3.63, 3.8) is 0 Å². The second-order valence-corrected chi connectivity index (χ2v) is 6.61. The smallest absolute Gasteiger partial charge is 0.0725 e. The van der Waals surface area contributed by atoms with E-state index in [-0.39, 0.29) is 5.41 Å². The summed E-state index contributed by atoms with van der Waals surface area (Å²) < 4.78 is 0. The van der Waals surface area contributed by atoms with Gasteiger partial charge in [-0.15, -0.1) is 0 Å². The third kappa shape index (κ3) is 2.38. The first-order valence-electron chi connectivity index (χ1n) is 9.94. The van der Waals surface area contributed by atoms with E-state index in [1.165, 1.54) is 39.0 Å². The van der Waals surface area contributed by atoms with Crippen molar-refractivity contribution in [3.8, 4) is 0 Å². The first-order chi connectivity index (χ1) is 13.7. The molecule has 0 heterocycles. The van der Waals surface area contributed by atoms with Crippen LogP contribution in [0.4, 0.5) is 0 Å². The van der Waals surface area contributed by atoms with Crippen LogP contribution < -0.4 is 0 Å². The summed E-state index contributed by atoms with van der Waals surface area (Å²) in [7, 11) is 0. The minimum Gasteiger partial charge on any atom is -0.0987 e. The van der Waals surface area contributed by atoms with Crippen molar-refractivity contribution in [2.45, 2.75) is 26.2 Å². The van der Waals surface area contributed by atoms with Gasteiger partial charge in [-0.1, -0.05) is 112 Å². The van der Waals surface area contributed by atoms with Gasteiger partial charge in [-0.3, -0.25) is 0 Å². The highest BCUT2D eigenvalue weighted by Crippen LogP contribution is 2.61. The van der Waals surface area contributed by atoms with Gasteiger partial charge in [0.05, 0.1) is 5.41 Å². The summed E-state index contributed by atoms with van der Waals surface area (Å²) in [5.74, 6) is 0. The van der Waals surface area contributed by atoms with Gasteiger partial charge in [0, 0.05) is 0 Å². The summed E-state index contributed by atoms with van der Waals surface area (Å²) >= 11 is 0. The lowest BCUT2D eigenvalue weighted by Gasteiger charge is -2.32. The van der Waals surface area contributed by atoms with Crippen LogP contribution in [0, 0.1) is 0 Å². The fourth-order valence-corrected chi connectivity index (χ4v) is 4.74. The van der Waals surface area contributed by atoms with Crippen LogP contribution in [0.25, 0.3) is 11.1 Å². The number of allylic oxidation sites excluding steroid dienone is 9. The number of hydrogen-bond acceptors (Lipinski definition) is 0. The molecule has 1 atom stereocenters. The Balaban J connectivity index is 0.00000109. The summed E-state index contributed by atoms with van der Waals surface area (Å²) in [6.45, 7) is 18.5. The molecule has 0 aliphatic heterocycles. The Bertz CT molecular complexity index is 1030. The fraction of sp³-hybridized carbons (Fsp3) is 0.143. The highest BCUT2D eigenvalue weighted by atomic mass is 14.5. The van der Waals surface area contributed by atoms with Gasteiger partial charge in [0.25, 0.3) is 0 Å². The maximum absolute atomic E-state index is 4.18. The molecule has 0 fully saturated rings. The Morgan fingerprint density at radius 1 is 0.679 bits per heavy atom. The largest absolute Gasteiger partial charge is 0.0987 e. The van der Waals surface area contributed by atoms with E-state index in [4.69, 9.17) is 0 Å². The molecule has 0 saturated carbocycles. The van der Waals surface area contributed by atoms with Crippen LogP contribution in [0.1, 0.15) is 43.0 Å². The van der Waals surface area contributed by atoms with Gasteiger partial charge >= 0.3 is 0 Å². The quantitative estimate of drug-likeness (QED) is 0.522. The molecule has 2 aliphatic rings. The second kappa shape index (κ2) is 7.86. The molecule has 28 heavy (non-hydrogen) atoms. The molecule has 0 nitrogen and oxygen atoms in total. The van der Waals surface area contributed by atoms with Gasteiger partial charge in [0.15, 0.2) is 0 Å². The topological polar surface area (TPSA) is 0 Å². The number of hydrogen-bond donors (Lipinski definition) is 0. The van der Waals surface area contributed by atoms with Crippen LogP contribution in [0.2, 0.25) is 0 Å². The van der Waals surface area contributed by atoms with Gasteiger partial charge in [-0.05, 0) is 51.5 Å². The lowest BCUT2D eigenvalue weighted by atomic mass is 9.68. The number of rotatable bonds is 4. The van der Waals surface area contributed by atoms with Crippen molar-refractivity contribution in [2.75, 3.05) is 0 Å². The Labute approximate surface area is 169 Å². The predicted octanol–water partition coefficient (Wildman–Crippen LogP) is 7.67. The van der Waals surface area contributed by atoms with Gasteiger partial charge in [0.2, 0.25) is 0 Å². The van der Waals surface area contributed by atoms with Crippen molar-refractivity contribution in [1.29, 1.82) is 0 Å². The van der Waals surface area contributed by atoms with Crippen molar-refractivity contribution in [1.82, 2.24) is 0 Å². The first kappa shape index (κ1) is 19.6. The van der Waals surface area contributed by atoms with Gasteiger partial charge in [-0.25, -0.2) is 0 Å². The molecule has 0 saturated heterocycles. The zero-order valence-corrected chi connectivity index (χ0v) is 17.1. The van der Waals surface area contributed by atoms with Crippen LogP contribution in [0.5, 0.6) is 0 Å². The summed E-state index contributed by atoms with van der Waals surface area (Å²) in [6, 6.07) is 17.3. The Kier molecular flexibility index (Phi) is 5.51. The lowest BCUT2D eigenvalue weighted by Crippen LogP contribution is -2.27. The minimum atomic E-state index is -0.353. The maximum atomic E-state index is 4.18. The highest BCUT2D eigenvalue weighted by molar-refractivity contribution is 5.99. The van der Waals surface area contributed by atoms with E-state index < -0.39 is 0 Å². The molecule has 0 amide bonds. The standard InChI is InChI=1S/C26H22.C2H6/c1-5-13-23-19(7-3)21-15-10-12-17-25(21)26(23)22(8-4)18(6-2)20-14-9-11-16-24(20)26;1-2/h5-17H,2-4H2,1H3;1-2H3/b13-5-;. The molecular weight excluding hydrogens is 336 g/mol. The highest BCUT2D eigenvalue weighted by Gasteiger charge is 2.51. The van der Waals surface area contributed by atoms with Gasteiger partial charge in [-0.2, -0.15) is 0 Å². The van der Waals surface area contributed by atoms with E-state index in [1.807, 2.05) is 32.1 Å². The van der Waals surface area contributed by atoms with Crippen molar-refractivity contribution >= 4 is 11.1 Å². The Morgan fingerprint density at radius 3 is 1.57 bits per heavy atom. The summed E-state index contributed by atoms with van der Waals surface area (Å²) in [4.78, 5) is 0. The van der Waals surface area contributed by atoms with Crippen LogP contribution in [-0.4, -0.2) is 0 Å². The molecule has 2 aliphatic carbocycles. The number of fused-ring (bicyclic) bond motifs is 4. The monoisotopic (exact) mass is 364 g/mol. The van der Waals surface area contributed by atoms with Crippen molar-refractivity contribution in [3.05, 3.63) is 132 Å². The van der Waals surface area contributed by atoms with E-state index in [0.29, 0.717) is 0 Å². The van der Waals surface area contributed by atoms with E-state index in [1.54, 1.807) is 0 Å². The molecular formula is C28H28. The van der Waals surface area contributed by atoms with E-state index in [2.05, 4.69) is 87.3 Å². The SMILES string of the molecule is C=CC1=C(C=C)C2(C(/C=C\C)=C(C=C)c3ccccc32)c2ccccc21.CC. The molecule has 1 spiro atoms. The van der Waals surface area contributed by atoms with Crippen LogP contribution in [0.3, 0.4) is 0 Å². The van der Waals surface area contributed by atoms with E-state index in [0.717, 1.165) is 5.57 Å². The molecule has 4 rings (SSSR count). The zero-order valence-electron chi connectivity index (χ0n) is 17.1. The maximum Gasteiger partial charge on any atom is 0.0725 e. The Morgan fingerprint density at radius 2 is 1.14 bits per heavy atom. The predicted molar refractivity (Wildman–Crippen MR) is 124 cm³/mol. The van der Waals surface area contributed by atoms with Gasteiger partial charge < -0.3 is 0 Å². The fourth-order valence-electron chi connectivity index (χ4n) is 4.74. The first-order valence-corrected chi connectivity index (χ1v) is 9.94. The lowest BCUT2D eigenvalue weighted by molar-refractivity contribution is 0.779. The van der Waals surface area contributed by atoms with Crippen molar-refractivity contribution < 1.29 is 0 Å². The van der Waals surface area contributed by atoms with Gasteiger partial charge in [0.1, 0.15) is 0 Å². The molecule has 2 aromatic carbocycles. The third-order valence-corrected chi connectivity index (χ3v) is 5.58. The Hall–Kier alpha value is -3.12. The average Bonchev–Trinajstić information content (AvgIpc) is 3.20. The normalized spacial score (nSPS) is 19.4. The molecule has 1 unspecified atom stereocenters. The molecule has 0 bridgehead atoms. The minimum absolute atomic E-state index is 0.353. The van der Waals surface area contributed by atoms with E-state index >= 15 is 0 Å². The van der Waals surface area contributed by atoms with Crippen LogP contribution >= 0.6 is 0 Å². The molecule has 140 valence electrons.